The number of nitrogens with zero attached hydrogens (tertiary/aromatic N) is 2. The normalized spacial score (nSPS) is 21.3. The van der Waals surface area contributed by atoms with Crippen LogP contribution in [0.15, 0.2) is 24.3 Å². The van der Waals surface area contributed by atoms with Gasteiger partial charge in [-0.3, -0.25) is 0 Å². The van der Waals surface area contributed by atoms with Crippen molar-refractivity contribution in [2.24, 2.45) is 0 Å². The molecule has 2 fully saturated rings. The van der Waals surface area contributed by atoms with E-state index in [1.807, 2.05) is 6.07 Å². The van der Waals surface area contributed by atoms with E-state index in [1.165, 1.54) is 76.7 Å². The minimum Gasteiger partial charge on any atom is -0.497 e. The van der Waals surface area contributed by atoms with Crippen LogP contribution in [-0.2, 0) is 0 Å². The van der Waals surface area contributed by atoms with E-state index in [1.54, 1.807) is 7.11 Å². The zero-order valence-corrected chi connectivity index (χ0v) is 15.5. The maximum Gasteiger partial charge on any atom is 0.119 e. The van der Waals surface area contributed by atoms with Crippen LogP contribution in [0, 0.1) is 0 Å². The quantitative estimate of drug-likeness (QED) is 0.780. The molecule has 0 bridgehead atoms. The third-order valence-electron chi connectivity index (χ3n) is 6.12. The van der Waals surface area contributed by atoms with Gasteiger partial charge in [0.1, 0.15) is 5.75 Å². The Morgan fingerprint density at radius 1 is 1.08 bits per heavy atom. The van der Waals surface area contributed by atoms with E-state index in [0.29, 0.717) is 5.92 Å². The summed E-state index contributed by atoms with van der Waals surface area (Å²) in [5.74, 6) is 1.69. The standard InChI is InChI=1S/C21H34N2O/c1-22(20-8-4-3-5-9-20)15-16-23-13-11-18(12-14-23)19-7-6-10-21(17-19)24-2/h6-7,10,17-18,20H,3-5,8-9,11-16H2,1-2H3. The lowest BCUT2D eigenvalue weighted by atomic mass is 9.89. The van der Waals surface area contributed by atoms with Gasteiger partial charge in [-0.1, -0.05) is 31.4 Å². The van der Waals surface area contributed by atoms with E-state index in [-0.39, 0.29) is 0 Å². The molecule has 0 aromatic heterocycles. The van der Waals surface area contributed by atoms with Crippen LogP contribution in [0.3, 0.4) is 0 Å². The first-order valence-electron chi connectivity index (χ1n) is 9.83. The Balaban J connectivity index is 1.41. The lowest BCUT2D eigenvalue weighted by molar-refractivity contribution is 0.145. The Morgan fingerprint density at radius 2 is 1.83 bits per heavy atom. The van der Waals surface area contributed by atoms with Crippen molar-refractivity contribution in [3.63, 3.8) is 0 Å². The molecular weight excluding hydrogens is 296 g/mol. The number of piperidine rings is 1. The number of rotatable bonds is 6. The van der Waals surface area contributed by atoms with Gasteiger partial charge in [0.05, 0.1) is 7.11 Å². The van der Waals surface area contributed by atoms with E-state index in [0.717, 1.165) is 11.8 Å². The Morgan fingerprint density at radius 3 is 2.54 bits per heavy atom. The van der Waals surface area contributed by atoms with Gasteiger partial charge in [0.15, 0.2) is 0 Å². The maximum atomic E-state index is 5.37. The van der Waals surface area contributed by atoms with Crippen LogP contribution in [0.5, 0.6) is 5.75 Å². The molecule has 3 nitrogen and oxygen atoms in total. The molecule has 1 saturated carbocycles. The molecule has 1 saturated heterocycles. The summed E-state index contributed by atoms with van der Waals surface area (Å²) in [7, 11) is 4.09. The first kappa shape index (κ1) is 17.8. The SMILES string of the molecule is COc1cccc(C2CCN(CCN(C)C3CCCCC3)CC2)c1. The number of likely N-dealkylation sites (tertiary alicyclic amines) is 1. The fourth-order valence-corrected chi connectivity index (χ4v) is 4.39. The van der Waals surface area contributed by atoms with Crippen LogP contribution in [0.4, 0.5) is 0 Å². The van der Waals surface area contributed by atoms with Gasteiger partial charge in [0.25, 0.3) is 0 Å². The van der Waals surface area contributed by atoms with Crippen molar-refractivity contribution in [3.8, 4) is 5.75 Å². The highest BCUT2D eigenvalue weighted by molar-refractivity contribution is 5.31. The molecule has 3 rings (SSSR count). The van der Waals surface area contributed by atoms with Crippen molar-refractivity contribution in [1.29, 1.82) is 0 Å². The van der Waals surface area contributed by atoms with E-state index in [4.69, 9.17) is 4.74 Å². The maximum absolute atomic E-state index is 5.37. The zero-order chi connectivity index (χ0) is 16.8. The lowest BCUT2D eigenvalue weighted by Gasteiger charge is -2.36. The zero-order valence-electron chi connectivity index (χ0n) is 15.5. The first-order valence-corrected chi connectivity index (χ1v) is 9.83. The van der Waals surface area contributed by atoms with Crippen molar-refractivity contribution >= 4 is 0 Å². The summed E-state index contributed by atoms with van der Waals surface area (Å²) in [6, 6.07) is 9.49. The highest BCUT2D eigenvalue weighted by Crippen LogP contribution is 2.30. The molecule has 0 unspecified atom stereocenters. The van der Waals surface area contributed by atoms with Crippen molar-refractivity contribution in [2.45, 2.75) is 56.9 Å². The number of likely N-dealkylation sites (N-methyl/N-ethyl adjacent to an activating group) is 1. The summed E-state index contributed by atoms with van der Waals surface area (Å²) < 4.78 is 5.37. The number of benzene rings is 1. The fourth-order valence-electron chi connectivity index (χ4n) is 4.39. The van der Waals surface area contributed by atoms with Gasteiger partial charge in [0, 0.05) is 19.1 Å². The molecule has 1 aliphatic heterocycles. The first-order chi connectivity index (χ1) is 11.8. The summed E-state index contributed by atoms with van der Waals surface area (Å²) in [6.07, 6.45) is 9.69. The molecule has 0 amide bonds. The Kier molecular flexibility index (Phi) is 6.56. The molecule has 134 valence electrons. The second-order valence-electron chi connectivity index (χ2n) is 7.66. The molecule has 0 spiro atoms. The Hall–Kier alpha value is -1.06. The van der Waals surface area contributed by atoms with Crippen molar-refractivity contribution in [2.75, 3.05) is 40.3 Å². The van der Waals surface area contributed by atoms with Gasteiger partial charge in [-0.05, 0) is 69.4 Å². The number of ether oxygens (including phenoxy) is 1. The summed E-state index contributed by atoms with van der Waals surface area (Å²) >= 11 is 0. The molecule has 0 N–H and O–H groups in total. The van der Waals surface area contributed by atoms with Gasteiger partial charge in [-0.25, -0.2) is 0 Å². The van der Waals surface area contributed by atoms with Gasteiger partial charge in [-0.15, -0.1) is 0 Å². The van der Waals surface area contributed by atoms with Crippen LogP contribution in [-0.4, -0.2) is 56.2 Å². The number of methoxy groups -OCH3 is 1. The topological polar surface area (TPSA) is 15.7 Å². The molecule has 0 radical (unpaired) electrons. The Bertz CT molecular complexity index is 490. The summed E-state index contributed by atoms with van der Waals surface area (Å²) in [6.45, 7) is 4.94. The van der Waals surface area contributed by atoms with E-state index < -0.39 is 0 Å². The molecule has 3 heteroatoms. The van der Waals surface area contributed by atoms with Crippen molar-refractivity contribution < 1.29 is 4.74 Å². The molecule has 24 heavy (non-hydrogen) atoms. The van der Waals surface area contributed by atoms with Crippen LogP contribution >= 0.6 is 0 Å². The lowest BCUT2D eigenvalue weighted by Crippen LogP contribution is -2.42. The highest BCUT2D eigenvalue weighted by atomic mass is 16.5. The molecule has 2 aliphatic rings. The Labute approximate surface area is 148 Å². The van der Waals surface area contributed by atoms with Crippen LogP contribution < -0.4 is 4.74 Å². The highest BCUT2D eigenvalue weighted by Gasteiger charge is 2.22. The van der Waals surface area contributed by atoms with Gasteiger partial charge in [0.2, 0.25) is 0 Å². The third kappa shape index (κ3) is 4.73. The molecular formula is C21H34N2O. The van der Waals surface area contributed by atoms with Crippen LogP contribution in [0.2, 0.25) is 0 Å². The minimum atomic E-state index is 0.701. The van der Waals surface area contributed by atoms with Gasteiger partial charge < -0.3 is 14.5 Å². The molecule has 1 aromatic carbocycles. The predicted molar refractivity (Wildman–Crippen MR) is 101 cm³/mol. The van der Waals surface area contributed by atoms with Gasteiger partial charge in [-0.2, -0.15) is 0 Å². The smallest absolute Gasteiger partial charge is 0.119 e. The number of hydrogen-bond acceptors (Lipinski definition) is 3. The average molecular weight is 331 g/mol. The number of hydrogen-bond donors (Lipinski definition) is 0. The summed E-state index contributed by atoms with van der Waals surface area (Å²) in [5, 5.41) is 0. The molecule has 1 heterocycles. The van der Waals surface area contributed by atoms with Crippen LogP contribution in [0.1, 0.15) is 56.4 Å². The second kappa shape index (κ2) is 8.87. The van der Waals surface area contributed by atoms with E-state index in [9.17, 15) is 0 Å². The summed E-state index contributed by atoms with van der Waals surface area (Å²) in [5.41, 5.74) is 1.45. The van der Waals surface area contributed by atoms with E-state index in [2.05, 4.69) is 35.0 Å². The molecule has 1 aromatic rings. The minimum absolute atomic E-state index is 0.701. The van der Waals surface area contributed by atoms with Crippen molar-refractivity contribution in [1.82, 2.24) is 9.80 Å². The predicted octanol–water partition coefficient (Wildman–Crippen LogP) is 4.14. The monoisotopic (exact) mass is 330 g/mol. The van der Waals surface area contributed by atoms with Crippen molar-refractivity contribution in [3.05, 3.63) is 29.8 Å². The molecule has 1 aliphatic carbocycles. The third-order valence-corrected chi connectivity index (χ3v) is 6.12. The second-order valence-corrected chi connectivity index (χ2v) is 7.66. The van der Waals surface area contributed by atoms with E-state index >= 15 is 0 Å². The molecule has 0 atom stereocenters. The summed E-state index contributed by atoms with van der Waals surface area (Å²) in [4.78, 5) is 5.28. The average Bonchev–Trinajstić information content (AvgIpc) is 2.67. The van der Waals surface area contributed by atoms with Gasteiger partial charge >= 0.3 is 0 Å². The van der Waals surface area contributed by atoms with Crippen LogP contribution in [0.25, 0.3) is 0 Å². The largest absolute Gasteiger partial charge is 0.497 e. The fraction of sp³-hybridized carbons (Fsp3) is 0.714.